The van der Waals surface area contributed by atoms with Crippen LogP contribution in [-0.2, 0) is 25.9 Å². The lowest BCUT2D eigenvalue weighted by molar-refractivity contribution is -0.146. The molecule has 2 N–H and O–H groups in total. The van der Waals surface area contributed by atoms with Gasteiger partial charge in [0.05, 0.1) is 6.54 Å². The van der Waals surface area contributed by atoms with Crippen molar-refractivity contribution in [3.63, 3.8) is 0 Å². The quantitative estimate of drug-likeness (QED) is 0.895. The van der Waals surface area contributed by atoms with Crippen LogP contribution in [-0.4, -0.2) is 33.7 Å². The third-order valence-electron chi connectivity index (χ3n) is 4.72. The summed E-state index contributed by atoms with van der Waals surface area (Å²) in [6, 6.07) is 5.27. The summed E-state index contributed by atoms with van der Waals surface area (Å²) < 4.78 is 37.9. The average Bonchev–Trinajstić information content (AvgIpc) is 3.18. The summed E-state index contributed by atoms with van der Waals surface area (Å²) in [7, 11) is 0. The summed E-state index contributed by atoms with van der Waals surface area (Å²) in [6.45, 7) is -0.553. The van der Waals surface area contributed by atoms with Gasteiger partial charge in [-0.2, -0.15) is 18.3 Å². The van der Waals surface area contributed by atoms with E-state index in [1.165, 1.54) is 4.90 Å². The first-order chi connectivity index (χ1) is 11.9. The molecule has 2 heterocycles. The molecular formula is C17H17F3N4O. The molecule has 1 amide bonds. The fourth-order valence-corrected chi connectivity index (χ4v) is 3.66. The molecule has 0 radical (unpaired) electrons. The van der Waals surface area contributed by atoms with Gasteiger partial charge in [0.25, 0.3) is 5.91 Å². The van der Waals surface area contributed by atoms with Gasteiger partial charge in [0.15, 0.2) is 5.69 Å². The molecule has 0 bridgehead atoms. The highest BCUT2D eigenvalue weighted by Gasteiger charge is 2.34. The summed E-state index contributed by atoms with van der Waals surface area (Å²) in [5.74, 6) is -0.318. The molecule has 4 rings (SSSR count). The van der Waals surface area contributed by atoms with E-state index in [-0.39, 0.29) is 19.0 Å². The summed E-state index contributed by atoms with van der Waals surface area (Å²) in [6.07, 6.45) is -1.53. The molecule has 0 unspecified atom stereocenters. The van der Waals surface area contributed by atoms with E-state index < -0.39 is 12.7 Å². The molecule has 0 fully saturated rings. The van der Waals surface area contributed by atoms with E-state index in [9.17, 15) is 18.0 Å². The fraction of sp³-hybridized carbons (Fsp3) is 0.412. The number of H-pyrrole nitrogens is 1. The zero-order valence-corrected chi connectivity index (χ0v) is 13.4. The second kappa shape index (κ2) is 5.87. The molecule has 1 aliphatic carbocycles. The Morgan fingerprint density at radius 1 is 1.24 bits per heavy atom. The number of aryl methyl sites for hydroxylation is 1. The summed E-state index contributed by atoms with van der Waals surface area (Å²) >= 11 is 0. The van der Waals surface area contributed by atoms with E-state index >= 15 is 0 Å². The number of carbonyl (C=O) groups is 1. The summed E-state index contributed by atoms with van der Waals surface area (Å²) in [5.41, 5.74) is 4.45. The first kappa shape index (κ1) is 16.1. The van der Waals surface area contributed by atoms with Gasteiger partial charge in [0.1, 0.15) is 0 Å². The molecule has 1 aromatic heterocycles. The van der Waals surface area contributed by atoms with Crippen molar-refractivity contribution in [1.82, 2.24) is 15.1 Å². The smallest absolute Gasteiger partial charge is 0.320 e. The first-order valence-electron chi connectivity index (χ1n) is 8.18. The highest BCUT2D eigenvalue weighted by molar-refractivity contribution is 6.04. The van der Waals surface area contributed by atoms with Gasteiger partial charge in [-0.1, -0.05) is 12.1 Å². The van der Waals surface area contributed by atoms with Gasteiger partial charge in [-0.15, -0.1) is 0 Å². The molecule has 0 saturated heterocycles. The number of hydrogen-bond donors (Lipinski definition) is 2. The lowest BCUT2D eigenvalue weighted by Gasteiger charge is -2.16. The second-order valence-corrected chi connectivity index (χ2v) is 6.54. The minimum Gasteiger partial charge on any atom is -0.320 e. The van der Waals surface area contributed by atoms with Crippen LogP contribution in [0.15, 0.2) is 18.2 Å². The van der Waals surface area contributed by atoms with Crippen LogP contribution in [0.25, 0.3) is 0 Å². The first-order valence-corrected chi connectivity index (χ1v) is 8.18. The number of nitrogens with one attached hydrogen (secondary N) is 2. The molecule has 8 heteroatoms. The van der Waals surface area contributed by atoms with Crippen molar-refractivity contribution >= 4 is 11.6 Å². The summed E-state index contributed by atoms with van der Waals surface area (Å²) in [4.78, 5) is 13.9. The predicted octanol–water partition coefficient (Wildman–Crippen LogP) is 3.03. The Morgan fingerprint density at radius 3 is 2.88 bits per heavy atom. The zero-order valence-electron chi connectivity index (χ0n) is 13.4. The van der Waals surface area contributed by atoms with Crippen LogP contribution < -0.4 is 5.32 Å². The van der Waals surface area contributed by atoms with Crippen molar-refractivity contribution in [2.24, 2.45) is 0 Å². The van der Waals surface area contributed by atoms with Crippen LogP contribution in [0.3, 0.4) is 0 Å². The van der Waals surface area contributed by atoms with Gasteiger partial charge in [0.2, 0.25) is 0 Å². The SMILES string of the molecule is O=C(Nc1cccc2c1CN(CC(F)(F)F)C2)c1n[nH]c2c1CCC2. The molecule has 0 saturated carbocycles. The molecule has 5 nitrogen and oxygen atoms in total. The number of amides is 1. The highest BCUT2D eigenvalue weighted by Crippen LogP contribution is 2.32. The number of halogens is 3. The zero-order chi connectivity index (χ0) is 17.6. The number of anilines is 1. The number of fused-ring (bicyclic) bond motifs is 2. The largest absolute Gasteiger partial charge is 0.401 e. The van der Waals surface area contributed by atoms with Crippen LogP contribution in [0, 0.1) is 0 Å². The molecule has 1 aliphatic heterocycles. The van der Waals surface area contributed by atoms with E-state index in [0.717, 1.165) is 41.6 Å². The number of aromatic nitrogens is 2. The number of nitrogens with zero attached hydrogens (tertiary/aromatic N) is 2. The van der Waals surface area contributed by atoms with Crippen molar-refractivity contribution in [1.29, 1.82) is 0 Å². The highest BCUT2D eigenvalue weighted by atomic mass is 19.4. The fourth-order valence-electron chi connectivity index (χ4n) is 3.66. The maximum Gasteiger partial charge on any atom is 0.401 e. The van der Waals surface area contributed by atoms with Gasteiger partial charge in [0, 0.05) is 30.0 Å². The van der Waals surface area contributed by atoms with Crippen LogP contribution in [0.1, 0.15) is 39.3 Å². The standard InChI is InChI=1S/C17H17F3N4O/c18-17(19,20)9-24-7-10-3-1-5-13(12(10)8-24)21-16(25)15-11-4-2-6-14(11)22-23-15/h1,3,5H,2,4,6-9H2,(H,21,25)(H,22,23). The third-order valence-corrected chi connectivity index (χ3v) is 4.72. The number of alkyl halides is 3. The predicted molar refractivity (Wildman–Crippen MR) is 85.2 cm³/mol. The molecule has 0 spiro atoms. The Hall–Kier alpha value is -2.35. The Labute approximate surface area is 142 Å². The lowest BCUT2D eigenvalue weighted by Crippen LogP contribution is -2.30. The van der Waals surface area contributed by atoms with Crippen LogP contribution >= 0.6 is 0 Å². The van der Waals surface area contributed by atoms with Gasteiger partial charge >= 0.3 is 6.18 Å². The van der Waals surface area contributed by atoms with Crippen molar-refractivity contribution in [3.05, 3.63) is 46.3 Å². The van der Waals surface area contributed by atoms with E-state index in [1.54, 1.807) is 18.2 Å². The normalized spacial score (nSPS) is 16.8. The van der Waals surface area contributed by atoms with E-state index in [4.69, 9.17) is 0 Å². The third kappa shape index (κ3) is 3.13. The van der Waals surface area contributed by atoms with Gasteiger partial charge in [-0.3, -0.25) is 14.8 Å². The van der Waals surface area contributed by atoms with Crippen molar-refractivity contribution in [3.8, 4) is 0 Å². The van der Waals surface area contributed by atoms with Gasteiger partial charge in [-0.05, 0) is 36.5 Å². The average molecular weight is 350 g/mol. The molecule has 2 aromatic rings. The Balaban J connectivity index is 1.53. The van der Waals surface area contributed by atoms with Crippen LogP contribution in [0.2, 0.25) is 0 Å². The topological polar surface area (TPSA) is 61.0 Å². The van der Waals surface area contributed by atoms with Gasteiger partial charge < -0.3 is 5.32 Å². The maximum atomic E-state index is 12.6. The van der Waals surface area contributed by atoms with Crippen molar-refractivity contribution in [2.45, 2.75) is 38.5 Å². The second-order valence-electron chi connectivity index (χ2n) is 6.54. The molecular weight excluding hydrogens is 333 g/mol. The molecule has 132 valence electrons. The maximum absolute atomic E-state index is 12.6. The number of rotatable bonds is 3. The summed E-state index contributed by atoms with van der Waals surface area (Å²) in [5, 5.41) is 9.82. The van der Waals surface area contributed by atoms with E-state index in [0.29, 0.717) is 11.4 Å². The Kier molecular flexibility index (Phi) is 3.79. The number of aromatic amines is 1. The molecule has 1 aromatic carbocycles. The minimum atomic E-state index is -4.24. The molecule has 25 heavy (non-hydrogen) atoms. The van der Waals surface area contributed by atoms with Crippen LogP contribution in [0.5, 0.6) is 0 Å². The number of carbonyl (C=O) groups excluding carboxylic acids is 1. The van der Waals surface area contributed by atoms with Gasteiger partial charge in [-0.25, -0.2) is 0 Å². The lowest BCUT2D eigenvalue weighted by atomic mass is 10.1. The monoisotopic (exact) mass is 350 g/mol. The Bertz CT molecular complexity index is 828. The van der Waals surface area contributed by atoms with E-state index in [2.05, 4.69) is 15.5 Å². The van der Waals surface area contributed by atoms with E-state index in [1.807, 2.05) is 0 Å². The minimum absolute atomic E-state index is 0.171. The molecule has 0 atom stereocenters. The molecule has 2 aliphatic rings. The Morgan fingerprint density at radius 2 is 2.08 bits per heavy atom. The number of benzene rings is 1. The van der Waals surface area contributed by atoms with Crippen LogP contribution in [0.4, 0.5) is 18.9 Å². The number of hydrogen-bond acceptors (Lipinski definition) is 3. The van der Waals surface area contributed by atoms with Crippen molar-refractivity contribution in [2.75, 3.05) is 11.9 Å². The van der Waals surface area contributed by atoms with Crippen molar-refractivity contribution < 1.29 is 18.0 Å².